The van der Waals surface area contributed by atoms with Crippen LogP contribution in [0.1, 0.15) is 22.4 Å². The Labute approximate surface area is 166 Å². The number of amides is 2. The lowest BCUT2D eigenvalue weighted by molar-refractivity contribution is -0.136. The van der Waals surface area contributed by atoms with Crippen LogP contribution in [0.4, 0.5) is 5.82 Å². The molecule has 0 saturated heterocycles. The number of aromatic nitrogens is 3. The molecule has 0 radical (unpaired) electrons. The molecular weight excluding hydrogens is 374 g/mol. The van der Waals surface area contributed by atoms with Crippen molar-refractivity contribution in [1.82, 2.24) is 20.1 Å². The summed E-state index contributed by atoms with van der Waals surface area (Å²) >= 11 is 1.74. The number of thioether (sulfide) groups is 1. The minimum atomic E-state index is -0.710. The number of anilines is 1. The Hall–Kier alpha value is -3.13. The first kappa shape index (κ1) is 18.2. The van der Waals surface area contributed by atoms with Gasteiger partial charge in [-0.15, -0.1) is 0 Å². The zero-order valence-electron chi connectivity index (χ0n) is 15.3. The Bertz CT molecular complexity index is 1030. The van der Waals surface area contributed by atoms with Crippen LogP contribution in [0.3, 0.4) is 0 Å². The smallest absolute Gasteiger partial charge is 0.314 e. The fourth-order valence-electron chi connectivity index (χ4n) is 3.05. The highest BCUT2D eigenvalue weighted by Gasteiger charge is 2.26. The molecule has 1 aliphatic heterocycles. The van der Waals surface area contributed by atoms with Crippen molar-refractivity contribution in [2.24, 2.45) is 0 Å². The molecule has 0 fully saturated rings. The molecule has 28 heavy (non-hydrogen) atoms. The minimum absolute atomic E-state index is 0.241. The number of fused-ring (bicyclic) bond motifs is 1. The van der Waals surface area contributed by atoms with Crippen molar-refractivity contribution in [2.75, 3.05) is 5.32 Å². The largest absolute Gasteiger partial charge is 0.344 e. The van der Waals surface area contributed by atoms with E-state index < -0.39 is 11.8 Å². The van der Waals surface area contributed by atoms with Crippen molar-refractivity contribution in [3.8, 4) is 5.69 Å². The summed E-state index contributed by atoms with van der Waals surface area (Å²) in [6.45, 7) is 2.23. The molecule has 1 aromatic carbocycles. The highest BCUT2D eigenvalue weighted by atomic mass is 32.2. The van der Waals surface area contributed by atoms with Crippen molar-refractivity contribution < 1.29 is 9.59 Å². The normalized spacial score (nSPS) is 12.5. The van der Waals surface area contributed by atoms with Crippen LogP contribution in [0.25, 0.3) is 5.69 Å². The quantitative estimate of drug-likeness (QED) is 0.665. The maximum atomic E-state index is 12.5. The average molecular weight is 393 g/mol. The van der Waals surface area contributed by atoms with Crippen molar-refractivity contribution in [1.29, 1.82) is 0 Å². The second-order valence-electron chi connectivity index (χ2n) is 6.46. The fraction of sp³-hybridized carbons (Fsp3) is 0.200. The Kier molecular flexibility index (Phi) is 5.12. The molecule has 1 aliphatic rings. The van der Waals surface area contributed by atoms with Crippen LogP contribution in [0.5, 0.6) is 0 Å². The van der Waals surface area contributed by atoms with E-state index >= 15 is 0 Å². The topological polar surface area (TPSA) is 88.9 Å². The third-order valence-electron chi connectivity index (χ3n) is 4.51. The summed E-state index contributed by atoms with van der Waals surface area (Å²) in [7, 11) is 0. The molecule has 2 amide bonds. The summed E-state index contributed by atoms with van der Waals surface area (Å²) in [6.07, 6.45) is 3.30. The Morgan fingerprint density at radius 3 is 2.79 bits per heavy atom. The van der Waals surface area contributed by atoms with Crippen LogP contribution in [-0.4, -0.2) is 26.6 Å². The molecule has 0 bridgehead atoms. The number of rotatable bonds is 4. The Morgan fingerprint density at radius 1 is 1.14 bits per heavy atom. The van der Waals surface area contributed by atoms with Crippen LogP contribution < -0.4 is 10.6 Å². The summed E-state index contributed by atoms with van der Waals surface area (Å²) < 4.78 is 1.73. The number of carbonyl (C=O) groups is 2. The molecule has 0 saturated carbocycles. The molecule has 3 aromatic rings. The van der Waals surface area contributed by atoms with E-state index in [4.69, 9.17) is 0 Å². The monoisotopic (exact) mass is 393 g/mol. The van der Waals surface area contributed by atoms with Gasteiger partial charge in [-0.3, -0.25) is 14.6 Å². The van der Waals surface area contributed by atoms with Gasteiger partial charge in [-0.1, -0.05) is 24.3 Å². The molecule has 142 valence electrons. The lowest BCUT2D eigenvalue weighted by atomic mass is 10.2. The predicted octanol–water partition coefficient (Wildman–Crippen LogP) is 2.58. The van der Waals surface area contributed by atoms with Gasteiger partial charge in [0.25, 0.3) is 0 Å². The van der Waals surface area contributed by atoms with E-state index in [2.05, 4.69) is 20.7 Å². The maximum absolute atomic E-state index is 12.5. The van der Waals surface area contributed by atoms with E-state index in [0.717, 1.165) is 39.6 Å². The molecule has 0 spiro atoms. The molecule has 0 aliphatic carbocycles. The number of carbonyl (C=O) groups excluding carboxylic acids is 2. The highest BCUT2D eigenvalue weighted by molar-refractivity contribution is 7.98. The summed E-state index contributed by atoms with van der Waals surface area (Å²) in [4.78, 5) is 28.8. The first-order chi connectivity index (χ1) is 13.6. The molecule has 2 N–H and O–H groups in total. The van der Waals surface area contributed by atoms with Gasteiger partial charge >= 0.3 is 11.8 Å². The van der Waals surface area contributed by atoms with Crippen molar-refractivity contribution in [3.05, 3.63) is 71.2 Å². The molecule has 0 unspecified atom stereocenters. The van der Waals surface area contributed by atoms with Crippen LogP contribution in [0.15, 0.2) is 48.8 Å². The number of benzene rings is 1. The van der Waals surface area contributed by atoms with Gasteiger partial charge in [0.2, 0.25) is 0 Å². The van der Waals surface area contributed by atoms with Gasteiger partial charge in [0.05, 0.1) is 11.4 Å². The molecule has 7 nitrogen and oxygen atoms in total. The fourth-order valence-corrected chi connectivity index (χ4v) is 4.08. The van der Waals surface area contributed by atoms with Gasteiger partial charge < -0.3 is 10.6 Å². The van der Waals surface area contributed by atoms with E-state index in [1.807, 2.05) is 37.3 Å². The number of hydrogen-bond acceptors (Lipinski definition) is 5. The maximum Gasteiger partial charge on any atom is 0.314 e. The summed E-state index contributed by atoms with van der Waals surface area (Å²) in [6, 6.07) is 11.4. The minimum Gasteiger partial charge on any atom is -0.344 e. The van der Waals surface area contributed by atoms with Crippen molar-refractivity contribution in [2.45, 2.75) is 25.0 Å². The summed E-state index contributed by atoms with van der Waals surface area (Å²) in [5, 5.41) is 10.1. The number of hydrogen-bond donors (Lipinski definition) is 2. The first-order valence-electron chi connectivity index (χ1n) is 8.86. The molecule has 2 aromatic heterocycles. The predicted molar refractivity (Wildman–Crippen MR) is 108 cm³/mol. The number of para-hydroxylation sites is 1. The molecule has 4 rings (SSSR count). The summed E-state index contributed by atoms with van der Waals surface area (Å²) in [5.41, 5.74) is 4.66. The van der Waals surface area contributed by atoms with Gasteiger partial charge in [0, 0.05) is 36.0 Å². The van der Waals surface area contributed by atoms with E-state index in [0.29, 0.717) is 5.82 Å². The third kappa shape index (κ3) is 3.63. The van der Waals surface area contributed by atoms with Gasteiger partial charge in [-0.25, -0.2) is 4.68 Å². The molecular formula is C20H19N5O2S. The molecule has 3 heterocycles. The number of nitrogens with one attached hydrogen (secondary N) is 2. The van der Waals surface area contributed by atoms with Gasteiger partial charge in [0.15, 0.2) is 0 Å². The van der Waals surface area contributed by atoms with E-state index in [9.17, 15) is 9.59 Å². The standard InChI is InChI=1S/C20H19N5O2S/c1-13-5-2-3-7-17(13)25-18(15-11-28-12-16(15)24-25)23-20(27)19(26)22-10-14-6-4-8-21-9-14/h2-9H,10-12H2,1H3,(H,22,26)(H,23,27). The van der Waals surface area contributed by atoms with Gasteiger partial charge in [0.1, 0.15) is 5.82 Å². The van der Waals surface area contributed by atoms with E-state index in [1.54, 1.807) is 34.9 Å². The summed E-state index contributed by atoms with van der Waals surface area (Å²) in [5.74, 6) is 0.716. The van der Waals surface area contributed by atoms with Crippen molar-refractivity contribution >= 4 is 29.4 Å². The zero-order valence-corrected chi connectivity index (χ0v) is 16.1. The van der Waals surface area contributed by atoms with Crippen LogP contribution in [-0.2, 0) is 27.6 Å². The molecule has 8 heteroatoms. The van der Waals surface area contributed by atoms with Gasteiger partial charge in [-0.2, -0.15) is 16.9 Å². The lowest BCUT2D eigenvalue weighted by Crippen LogP contribution is -2.35. The molecule has 0 atom stereocenters. The zero-order chi connectivity index (χ0) is 19.5. The SMILES string of the molecule is Cc1ccccc1-n1nc2c(c1NC(=O)C(=O)NCc1cccnc1)CSC2. The lowest BCUT2D eigenvalue weighted by Gasteiger charge is -2.13. The number of nitrogens with zero attached hydrogens (tertiary/aromatic N) is 3. The number of aryl methyl sites for hydroxylation is 1. The van der Waals surface area contributed by atoms with Crippen LogP contribution >= 0.6 is 11.8 Å². The third-order valence-corrected chi connectivity index (χ3v) is 5.48. The second-order valence-corrected chi connectivity index (χ2v) is 7.45. The number of pyridine rings is 1. The second kappa shape index (κ2) is 7.85. The highest BCUT2D eigenvalue weighted by Crippen LogP contribution is 2.36. The Morgan fingerprint density at radius 2 is 2.00 bits per heavy atom. The van der Waals surface area contributed by atoms with Gasteiger partial charge in [-0.05, 0) is 30.2 Å². The van der Waals surface area contributed by atoms with Crippen molar-refractivity contribution in [3.63, 3.8) is 0 Å². The van der Waals surface area contributed by atoms with Crippen LogP contribution in [0.2, 0.25) is 0 Å². The van der Waals surface area contributed by atoms with Crippen LogP contribution in [0, 0.1) is 6.92 Å². The average Bonchev–Trinajstić information content (AvgIpc) is 3.30. The van der Waals surface area contributed by atoms with E-state index in [-0.39, 0.29) is 6.54 Å². The first-order valence-corrected chi connectivity index (χ1v) is 10.0. The Balaban J connectivity index is 1.55. The van der Waals surface area contributed by atoms with E-state index in [1.165, 1.54) is 0 Å².